The molecule has 8 nitrogen and oxygen atoms in total. The highest BCUT2D eigenvalue weighted by atomic mass is 16.5. The minimum Gasteiger partial charge on any atom is -0.494 e. The van der Waals surface area contributed by atoms with E-state index in [0.717, 1.165) is 29.5 Å². The van der Waals surface area contributed by atoms with Crippen LogP contribution in [0.5, 0.6) is 5.75 Å². The van der Waals surface area contributed by atoms with Crippen LogP contribution in [0.2, 0.25) is 0 Å². The summed E-state index contributed by atoms with van der Waals surface area (Å²) in [4.78, 5) is 17.9. The molecule has 8 heteroatoms. The number of amidine groups is 1. The van der Waals surface area contributed by atoms with Crippen LogP contribution < -0.4 is 21.9 Å². The van der Waals surface area contributed by atoms with E-state index in [1.54, 1.807) is 7.11 Å². The fourth-order valence-electron chi connectivity index (χ4n) is 4.17. The summed E-state index contributed by atoms with van der Waals surface area (Å²) in [5, 5.41) is 0.754. The van der Waals surface area contributed by atoms with E-state index in [0.29, 0.717) is 28.8 Å². The van der Waals surface area contributed by atoms with Crippen LogP contribution in [0.15, 0.2) is 35.5 Å². The summed E-state index contributed by atoms with van der Waals surface area (Å²) in [6, 6.07) is 7.73. The zero-order chi connectivity index (χ0) is 22.3. The van der Waals surface area contributed by atoms with Gasteiger partial charge in [-0.15, -0.1) is 0 Å². The number of benzene rings is 1. The topological polar surface area (TPSA) is 138 Å². The molecule has 6 N–H and O–H groups in total. The highest BCUT2D eigenvalue weighted by Crippen LogP contribution is 2.42. The Balaban J connectivity index is 1.54. The highest BCUT2D eigenvalue weighted by Gasteiger charge is 2.34. The number of hydrogen-bond acceptors (Lipinski definition) is 7. The van der Waals surface area contributed by atoms with Crippen molar-refractivity contribution in [3.63, 3.8) is 0 Å². The predicted molar refractivity (Wildman–Crippen MR) is 123 cm³/mol. The van der Waals surface area contributed by atoms with Crippen molar-refractivity contribution in [3.8, 4) is 5.75 Å². The van der Waals surface area contributed by atoms with Gasteiger partial charge in [0, 0.05) is 34.7 Å². The van der Waals surface area contributed by atoms with Gasteiger partial charge in [0.25, 0.3) is 0 Å². The van der Waals surface area contributed by atoms with Crippen molar-refractivity contribution in [2.24, 2.45) is 22.4 Å². The average molecular weight is 420 g/mol. The summed E-state index contributed by atoms with van der Waals surface area (Å²) >= 11 is 0. The van der Waals surface area contributed by atoms with Crippen molar-refractivity contribution < 1.29 is 4.74 Å². The van der Waals surface area contributed by atoms with Gasteiger partial charge in [-0.05, 0) is 62.9 Å². The number of aromatic nitrogens is 3. The van der Waals surface area contributed by atoms with Crippen LogP contribution in [-0.2, 0) is 5.54 Å². The number of pyridine rings is 1. The molecule has 1 saturated carbocycles. The second-order valence-corrected chi connectivity index (χ2v) is 8.81. The Morgan fingerprint density at radius 2 is 1.97 bits per heavy atom. The second-order valence-electron chi connectivity index (χ2n) is 8.81. The van der Waals surface area contributed by atoms with E-state index in [4.69, 9.17) is 21.9 Å². The van der Waals surface area contributed by atoms with Gasteiger partial charge < -0.3 is 21.9 Å². The molecular weight excluding hydrogens is 390 g/mol. The lowest BCUT2D eigenvalue weighted by Gasteiger charge is -2.35. The molecule has 0 aliphatic heterocycles. The molecule has 0 radical (unpaired) electrons. The lowest BCUT2D eigenvalue weighted by Crippen LogP contribution is -2.35. The molecule has 3 aromatic rings. The Hall–Kier alpha value is -3.26. The van der Waals surface area contributed by atoms with Crippen LogP contribution in [-0.4, -0.2) is 27.9 Å². The molecule has 0 bridgehead atoms. The van der Waals surface area contributed by atoms with E-state index in [-0.39, 0.29) is 11.9 Å². The molecule has 2 heterocycles. The average Bonchev–Trinajstić information content (AvgIpc) is 2.65. The van der Waals surface area contributed by atoms with Gasteiger partial charge in [-0.3, -0.25) is 4.98 Å². The Bertz CT molecular complexity index is 1160. The maximum absolute atomic E-state index is 6.35. The number of ether oxygens (including phenoxy) is 1. The number of methoxy groups -OCH3 is 1. The normalized spacial score (nSPS) is 19.3. The first kappa shape index (κ1) is 21.0. The summed E-state index contributed by atoms with van der Waals surface area (Å²) in [5.41, 5.74) is 22.0. The number of rotatable bonds is 5. The molecule has 1 aliphatic rings. The van der Waals surface area contributed by atoms with E-state index >= 15 is 0 Å². The number of aryl methyl sites for hydroxylation is 1. The lowest BCUT2D eigenvalue weighted by atomic mass is 9.72. The van der Waals surface area contributed by atoms with Crippen LogP contribution in [0, 0.1) is 12.8 Å². The number of anilines is 1. The van der Waals surface area contributed by atoms with Gasteiger partial charge in [-0.1, -0.05) is 6.07 Å². The van der Waals surface area contributed by atoms with Gasteiger partial charge in [-0.25, -0.2) is 9.98 Å². The van der Waals surface area contributed by atoms with Gasteiger partial charge in [0.1, 0.15) is 17.1 Å². The fourth-order valence-corrected chi connectivity index (χ4v) is 4.17. The molecule has 1 aromatic carbocycles. The Morgan fingerprint density at radius 3 is 2.61 bits per heavy atom. The summed E-state index contributed by atoms with van der Waals surface area (Å²) in [6.07, 6.45) is 3.70. The molecule has 0 spiro atoms. The highest BCUT2D eigenvalue weighted by molar-refractivity contribution is 5.96. The SMILES string of the molecule is COc1cccc2c(N=C(N)C3CC(c4cc(C)c(C(C)(C)N)cn4)C3)nc(N)nc12. The van der Waals surface area contributed by atoms with E-state index in [9.17, 15) is 0 Å². The lowest BCUT2D eigenvalue weighted by molar-refractivity contribution is 0.336. The number of nitrogens with zero attached hydrogens (tertiary/aromatic N) is 4. The van der Waals surface area contributed by atoms with Gasteiger partial charge in [0.2, 0.25) is 5.95 Å². The first-order chi connectivity index (χ1) is 14.7. The number of nitrogen functional groups attached to an aromatic ring is 1. The van der Waals surface area contributed by atoms with E-state index < -0.39 is 5.54 Å². The zero-order valence-corrected chi connectivity index (χ0v) is 18.4. The Kier molecular flexibility index (Phi) is 5.26. The minimum absolute atomic E-state index is 0.137. The Morgan fingerprint density at radius 1 is 1.23 bits per heavy atom. The smallest absolute Gasteiger partial charge is 0.222 e. The molecule has 31 heavy (non-hydrogen) atoms. The third-order valence-corrected chi connectivity index (χ3v) is 5.94. The molecular formula is C23H29N7O. The molecule has 2 aromatic heterocycles. The molecule has 4 rings (SSSR count). The summed E-state index contributed by atoms with van der Waals surface area (Å²) in [6.45, 7) is 6.07. The molecule has 0 atom stereocenters. The van der Waals surface area contributed by atoms with Crippen LogP contribution in [0.25, 0.3) is 10.9 Å². The molecule has 162 valence electrons. The van der Waals surface area contributed by atoms with Crippen molar-refractivity contribution in [2.75, 3.05) is 12.8 Å². The quantitative estimate of drug-likeness (QED) is 0.426. The van der Waals surface area contributed by atoms with Crippen molar-refractivity contribution in [1.29, 1.82) is 0 Å². The van der Waals surface area contributed by atoms with E-state index in [2.05, 4.69) is 32.9 Å². The number of fused-ring (bicyclic) bond motifs is 1. The van der Waals surface area contributed by atoms with Crippen molar-refractivity contribution in [2.45, 2.75) is 45.1 Å². The third-order valence-electron chi connectivity index (χ3n) is 5.94. The Labute approximate surface area is 182 Å². The van der Waals surface area contributed by atoms with Crippen LogP contribution in [0.3, 0.4) is 0 Å². The van der Waals surface area contributed by atoms with Gasteiger partial charge in [0.15, 0.2) is 5.82 Å². The third kappa shape index (κ3) is 4.03. The fraction of sp³-hybridized carbons (Fsp3) is 0.391. The molecule has 1 aliphatic carbocycles. The predicted octanol–water partition coefficient (Wildman–Crippen LogP) is 3.30. The second kappa shape index (κ2) is 7.77. The number of hydrogen-bond donors (Lipinski definition) is 3. The first-order valence-electron chi connectivity index (χ1n) is 10.4. The molecule has 0 amide bonds. The standard InChI is InChI=1S/C23H29N7O/c1-12-8-17(27-11-16(12)23(2,3)26)13-9-14(10-13)20(24)29-21-15-6-5-7-18(31-4)19(15)28-22(25)30-21/h5-8,11,13-14H,9-10,26H2,1-4H3,(H4,24,25,28,29,30). The van der Waals surface area contributed by atoms with Gasteiger partial charge in [0.05, 0.1) is 7.11 Å². The minimum atomic E-state index is -0.403. The number of para-hydroxylation sites is 1. The monoisotopic (exact) mass is 419 g/mol. The maximum Gasteiger partial charge on any atom is 0.222 e. The van der Waals surface area contributed by atoms with Gasteiger partial charge >= 0.3 is 0 Å². The molecule has 0 unspecified atom stereocenters. The van der Waals surface area contributed by atoms with Crippen molar-refractivity contribution >= 4 is 28.5 Å². The largest absolute Gasteiger partial charge is 0.494 e. The van der Waals surface area contributed by atoms with E-state index in [1.807, 2.05) is 38.2 Å². The first-order valence-corrected chi connectivity index (χ1v) is 10.4. The summed E-state index contributed by atoms with van der Waals surface area (Å²) in [7, 11) is 1.59. The van der Waals surface area contributed by atoms with Crippen LogP contribution in [0.1, 0.15) is 49.4 Å². The molecule has 0 saturated heterocycles. The van der Waals surface area contributed by atoms with Crippen molar-refractivity contribution in [1.82, 2.24) is 15.0 Å². The van der Waals surface area contributed by atoms with Crippen molar-refractivity contribution in [3.05, 3.63) is 47.3 Å². The number of nitrogens with two attached hydrogens (primary N) is 3. The summed E-state index contributed by atoms with van der Waals surface area (Å²) in [5.74, 6) is 2.31. The van der Waals surface area contributed by atoms with Gasteiger partial charge in [-0.2, -0.15) is 4.98 Å². The van der Waals surface area contributed by atoms with E-state index in [1.165, 1.54) is 5.56 Å². The number of aliphatic imine (C=N–C) groups is 1. The summed E-state index contributed by atoms with van der Waals surface area (Å²) < 4.78 is 5.38. The van der Waals surface area contributed by atoms with Crippen LogP contribution >= 0.6 is 0 Å². The van der Waals surface area contributed by atoms with Crippen LogP contribution in [0.4, 0.5) is 11.8 Å². The zero-order valence-electron chi connectivity index (χ0n) is 18.4. The maximum atomic E-state index is 6.35. The molecule has 1 fully saturated rings.